The van der Waals surface area contributed by atoms with Gasteiger partial charge in [0.05, 0.1) is 0 Å². The molecule has 0 atom stereocenters. The van der Waals surface area contributed by atoms with Crippen molar-refractivity contribution in [1.82, 2.24) is 9.97 Å². The van der Waals surface area contributed by atoms with Gasteiger partial charge in [-0.3, -0.25) is 0 Å². The Kier molecular flexibility index (Phi) is 5.17. The molecular formula is C16H27N3. The molecule has 0 aromatic carbocycles. The largest absolute Gasteiger partial charge is 0.370 e. The molecule has 19 heavy (non-hydrogen) atoms. The first-order valence-corrected chi connectivity index (χ1v) is 7.80. The third-order valence-corrected chi connectivity index (χ3v) is 3.69. The Balaban J connectivity index is 2.19. The molecule has 1 aliphatic rings. The standard InChI is InChI=1S/C16H27N3/c1-4-9-17-15-11-14(10-12(2)3)18-16(19-15)13-7-5-6-8-13/h11-13H,4-10H2,1-3H3,(H,17,18,19). The Hall–Kier alpha value is -1.12. The van der Waals surface area contributed by atoms with Gasteiger partial charge in [-0.1, -0.05) is 33.6 Å². The van der Waals surface area contributed by atoms with Gasteiger partial charge in [0.1, 0.15) is 11.6 Å². The van der Waals surface area contributed by atoms with Gasteiger partial charge in [0, 0.05) is 24.2 Å². The summed E-state index contributed by atoms with van der Waals surface area (Å²) in [6, 6.07) is 2.13. The molecule has 1 N–H and O–H groups in total. The molecule has 0 aliphatic heterocycles. The predicted octanol–water partition coefficient (Wildman–Crippen LogP) is 4.15. The SMILES string of the molecule is CCCNc1cc(CC(C)C)nc(C2CCCC2)n1. The van der Waals surface area contributed by atoms with Crippen LogP contribution in [-0.4, -0.2) is 16.5 Å². The van der Waals surface area contributed by atoms with Gasteiger partial charge in [0.2, 0.25) is 0 Å². The summed E-state index contributed by atoms with van der Waals surface area (Å²) in [4.78, 5) is 9.55. The second-order valence-corrected chi connectivity index (χ2v) is 6.11. The van der Waals surface area contributed by atoms with E-state index in [9.17, 15) is 0 Å². The van der Waals surface area contributed by atoms with E-state index < -0.39 is 0 Å². The molecule has 1 aromatic heterocycles. The maximum atomic E-state index is 4.81. The average molecular weight is 261 g/mol. The van der Waals surface area contributed by atoms with Crippen molar-refractivity contribution in [2.24, 2.45) is 5.92 Å². The minimum atomic E-state index is 0.592. The highest BCUT2D eigenvalue weighted by Gasteiger charge is 2.21. The highest BCUT2D eigenvalue weighted by molar-refractivity contribution is 5.36. The van der Waals surface area contributed by atoms with Crippen molar-refractivity contribution in [1.29, 1.82) is 0 Å². The van der Waals surface area contributed by atoms with Gasteiger partial charge in [-0.05, 0) is 31.6 Å². The fourth-order valence-electron chi connectivity index (χ4n) is 2.75. The molecule has 3 nitrogen and oxygen atoms in total. The lowest BCUT2D eigenvalue weighted by Gasteiger charge is -2.14. The Morgan fingerprint density at radius 3 is 2.63 bits per heavy atom. The van der Waals surface area contributed by atoms with E-state index in [0.29, 0.717) is 11.8 Å². The van der Waals surface area contributed by atoms with Crippen LogP contribution in [-0.2, 0) is 6.42 Å². The lowest BCUT2D eigenvalue weighted by molar-refractivity contribution is 0.614. The van der Waals surface area contributed by atoms with Gasteiger partial charge in [-0.15, -0.1) is 0 Å². The number of aromatic nitrogens is 2. The van der Waals surface area contributed by atoms with Crippen molar-refractivity contribution in [2.75, 3.05) is 11.9 Å². The van der Waals surface area contributed by atoms with E-state index in [2.05, 4.69) is 32.2 Å². The zero-order valence-corrected chi connectivity index (χ0v) is 12.6. The number of anilines is 1. The summed E-state index contributed by atoms with van der Waals surface area (Å²) >= 11 is 0. The monoisotopic (exact) mass is 261 g/mol. The molecule has 1 saturated carbocycles. The third kappa shape index (κ3) is 4.19. The zero-order chi connectivity index (χ0) is 13.7. The van der Waals surface area contributed by atoms with Crippen LogP contribution in [0.15, 0.2) is 6.07 Å². The van der Waals surface area contributed by atoms with Gasteiger partial charge in [-0.2, -0.15) is 0 Å². The summed E-state index contributed by atoms with van der Waals surface area (Å²) in [6.45, 7) is 7.66. The number of rotatable bonds is 6. The third-order valence-electron chi connectivity index (χ3n) is 3.69. The predicted molar refractivity (Wildman–Crippen MR) is 80.6 cm³/mol. The molecule has 0 spiro atoms. The van der Waals surface area contributed by atoms with E-state index >= 15 is 0 Å². The minimum absolute atomic E-state index is 0.592. The summed E-state index contributed by atoms with van der Waals surface area (Å²) in [6.07, 6.45) is 7.36. The van der Waals surface area contributed by atoms with Crippen LogP contribution >= 0.6 is 0 Å². The molecule has 1 aromatic rings. The second kappa shape index (κ2) is 6.88. The summed E-state index contributed by atoms with van der Waals surface area (Å²) in [5.74, 6) is 3.34. The molecule has 0 bridgehead atoms. The van der Waals surface area contributed by atoms with Crippen LogP contribution in [0.4, 0.5) is 5.82 Å². The second-order valence-electron chi connectivity index (χ2n) is 6.11. The molecule has 0 amide bonds. The molecule has 106 valence electrons. The van der Waals surface area contributed by atoms with Gasteiger partial charge < -0.3 is 5.32 Å². The van der Waals surface area contributed by atoms with E-state index in [4.69, 9.17) is 9.97 Å². The maximum Gasteiger partial charge on any atom is 0.134 e. The first-order valence-electron chi connectivity index (χ1n) is 7.80. The summed E-state index contributed by atoms with van der Waals surface area (Å²) in [5.41, 5.74) is 1.20. The highest BCUT2D eigenvalue weighted by atomic mass is 15.0. The molecule has 0 radical (unpaired) electrons. The molecular weight excluding hydrogens is 234 g/mol. The quantitative estimate of drug-likeness (QED) is 0.835. The van der Waals surface area contributed by atoms with Crippen LogP contribution in [0.3, 0.4) is 0 Å². The van der Waals surface area contributed by atoms with Crippen molar-refractivity contribution in [3.63, 3.8) is 0 Å². The van der Waals surface area contributed by atoms with E-state index in [1.54, 1.807) is 0 Å². The van der Waals surface area contributed by atoms with E-state index in [0.717, 1.165) is 31.0 Å². The van der Waals surface area contributed by atoms with Crippen LogP contribution in [0.5, 0.6) is 0 Å². The number of nitrogens with zero attached hydrogens (tertiary/aromatic N) is 2. The van der Waals surface area contributed by atoms with E-state index in [1.165, 1.54) is 31.4 Å². The first-order chi connectivity index (χ1) is 9.19. The molecule has 0 unspecified atom stereocenters. The zero-order valence-electron chi connectivity index (χ0n) is 12.6. The lowest BCUT2D eigenvalue weighted by atomic mass is 10.1. The molecule has 1 aliphatic carbocycles. The minimum Gasteiger partial charge on any atom is -0.370 e. The Morgan fingerprint density at radius 2 is 2.00 bits per heavy atom. The van der Waals surface area contributed by atoms with Gasteiger partial charge in [-0.25, -0.2) is 9.97 Å². The molecule has 2 rings (SSSR count). The van der Waals surface area contributed by atoms with E-state index in [-0.39, 0.29) is 0 Å². The van der Waals surface area contributed by atoms with Gasteiger partial charge in [0.15, 0.2) is 0 Å². The Bertz CT molecular complexity index is 395. The Morgan fingerprint density at radius 1 is 1.26 bits per heavy atom. The lowest BCUT2D eigenvalue weighted by Crippen LogP contribution is -2.10. The van der Waals surface area contributed by atoms with Gasteiger partial charge in [0.25, 0.3) is 0 Å². The topological polar surface area (TPSA) is 37.8 Å². The number of nitrogens with one attached hydrogen (secondary N) is 1. The van der Waals surface area contributed by atoms with Crippen molar-refractivity contribution in [3.8, 4) is 0 Å². The van der Waals surface area contributed by atoms with Crippen LogP contribution in [0.2, 0.25) is 0 Å². The summed E-state index contributed by atoms with van der Waals surface area (Å²) < 4.78 is 0. The fourth-order valence-corrected chi connectivity index (χ4v) is 2.75. The molecule has 3 heteroatoms. The van der Waals surface area contributed by atoms with Crippen molar-refractivity contribution >= 4 is 5.82 Å². The average Bonchev–Trinajstić information content (AvgIpc) is 2.89. The maximum absolute atomic E-state index is 4.81. The summed E-state index contributed by atoms with van der Waals surface area (Å²) in [5, 5.41) is 3.42. The normalized spacial score (nSPS) is 16.2. The fraction of sp³-hybridized carbons (Fsp3) is 0.750. The van der Waals surface area contributed by atoms with Crippen molar-refractivity contribution < 1.29 is 0 Å². The van der Waals surface area contributed by atoms with Crippen molar-refractivity contribution in [2.45, 2.75) is 65.2 Å². The smallest absolute Gasteiger partial charge is 0.134 e. The van der Waals surface area contributed by atoms with E-state index in [1.807, 2.05) is 0 Å². The number of hydrogen-bond donors (Lipinski definition) is 1. The molecule has 1 heterocycles. The van der Waals surface area contributed by atoms with Crippen LogP contribution in [0.1, 0.15) is 70.3 Å². The van der Waals surface area contributed by atoms with Crippen LogP contribution in [0, 0.1) is 5.92 Å². The molecule has 0 saturated heterocycles. The van der Waals surface area contributed by atoms with Crippen molar-refractivity contribution in [3.05, 3.63) is 17.6 Å². The Labute approximate surface area is 117 Å². The highest BCUT2D eigenvalue weighted by Crippen LogP contribution is 2.32. The number of hydrogen-bond acceptors (Lipinski definition) is 3. The van der Waals surface area contributed by atoms with Gasteiger partial charge >= 0.3 is 0 Å². The van der Waals surface area contributed by atoms with Crippen LogP contribution < -0.4 is 5.32 Å². The van der Waals surface area contributed by atoms with Crippen LogP contribution in [0.25, 0.3) is 0 Å². The molecule has 1 fully saturated rings. The first kappa shape index (κ1) is 14.3. The summed E-state index contributed by atoms with van der Waals surface area (Å²) in [7, 11) is 0.